The summed E-state index contributed by atoms with van der Waals surface area (Å²) in [5.74, 6) is 0.295. The third-order valence-corrected chi connectivity index (χ3v) is 6.69. The van der Waals surface area contributed by atoms with Gasteiger partial charge < -0.3 is 30.1 Å². The summed E-state index contributed by atoms with van der Waals surface area (Å²) >= 11 is 0. The lowest BCUT2D eigenvalue weighted by atomic mass is 10.00. The lowest BCUT2D eigenvalue weighted by molar-refractivity contribution is -0.268. The molecule has 4 N–H and O–H groups in total. The van der Waals surface area contributed by atoms with Crippen LogP contribution >= 0.6 is 0 Å². The van der Waals surface area contributed by atoms with Crippen LogP contribution in [0, 0.1) is 0 Å². The molecule has 1 aromatic carbocycles. The molecule has 0 bridgehead atoms. The van der Waals surface area contributed by atoms with Crippen LogP contribution in [0.15, 0.2) is 42.6 Å². The number of carbonyl (C=O) groups is 1. The van der Waals surface area contributed by atoms with Gasteiger partial charge in [0.2, 0.25) is 12.2 Å². The smallest absolute Gasteiger partial charge is 0.247 e. The van der Waals surface area contributed by atoms with Gasteiger partial charge in [-0.15, -0.1) is 0 Å². The minimum atomic E-state index is -1.36. The number of allylic oxidation sites excluding steroid dienone is 1. The zero-order chi connectivity index (χ0) is 26.9. The molecule has 37 heavy (non-hydrogen) atoms. The van der Waals surface area contributed by atoms with Gasteiger partial charge in [-0.3, -0.25) is 4.79 Å². The molecule has 0 aromatic heterocycles. The fourth-order valence-corrected chi connectivity index (χ4v) is 4.29. The summed E-state index contributed by atoms with van der Waals surface area (Å²) in [5.41, 5.74) is 0.853. The topological polar surface area (TPSA) is 108 Å². The molecule has 0 radical (unpaired) electrons. The highest BCUT2D eigenvalue weighted by Gasteiger charge is 2.43. The normalized spacial score (nSPS) is 24.1. The SMILES string of the molecule is CCCCCCCCCCCCC/C=C\C(=O)N/C=C\c1ccc(O[C@@H]2O[C@@H](C)[C@H](O)[C@@H](O)[C@H]2O)cc1. The summed E-state index contributed by atoms with van der Waals surface area (Å²) in [6, 6.07) is 6.99. The first-order valence-electron chi connectivity index (χ1n) is 14.0. The lowest BCUT2D eigenvalue weighted by Crippen LogP contribution is -2.58. The second kappa shape index (κ2) is 18.1. The number of rotatable bonds is 17. The summed E-state index contributed by atoms with van der Waals surface area (Å²) in [6.45, 7) is 3.86. The first kappa shape index (κ1) is 31.0. The van der Waals surface area contributed by atoms with Crippen LogP contribution in [0.5, 0.6) is 5.75 Å². The Balaban J connectivity index is 1.56. The van der Waals surface area contributed by atoms with E-state index in [9.17, 15) is 20.1 Å². The first-order valence-corrected chi connectivity index (χ1v) is 14.0. The number of hydrogen-bond donors (Lipinski definition) is 4. The van der Waals surface area contributed by atoms with Crippen LogP contribution in [0.25, 0.3) is 6.08 Å². The van der Waals surface area contributed by atoms with E-state index < -0.39 is 30.7 Å². The molecule has 1 fully saturated rings. The molecule has 208 valence electrons. The average Bonchev–Trinajstić information content (AvgIpc) is 2.89. The lowest BCUT2D eigenvalue weighted by Gasteiger charge is -2.38. The Labute approximate surface area is 222 Å². The molecule has 5 atom stereocenters. The van der Waals surface area contributed by atoms with Gasteiger partial charge in [0.25, 0.3) is 0 Å². The van der Waals surface area contributed by atoms with Gasteiger partial charge in [-0.05, 0) is 49.6 Å². The fraction of sp³-hybridized carbons (Fsp3) is 0.633. The van der Waals surface area contributed by atoms with Gasteiger partial charge in [-0.1, -0.05) is 89.3 Å². The number of nitrogens with one attached hydrogen (secondary N) is 1. The summed E-state index contributed by atoms with van der Waals surface area (Å²) < 4.78 is 11.1. The number of amides is 1. The number of ether oxygens (including phenoxy) is 2. The van der Waals surface area contributed by atoms with Crippen LogP contribution in [0.4, 0.5) is 0 Å². The van der Waals surface area contributed by atoms with Gasteiger partial charge in [0.15, 0.2) is 0 Å². The van der Waals surface area contributed by atoms with Crippen molar-refractivity contribution in [3.63, 3.8) is 0 Å². The van der Waals surface area contributed by atoms with Gasteiger partial charge in [0.05, 0.1) is 6.10 Å². The third-order valence-electron chi connectivity index (χ3n) is 6.69. The monoisotopic (exact) mass is 517 g/mol. The van der Waals surface area contributed by atoms with Crippen LogP contribution in [0.3, 0.4) is 0 Å². The van der Waals surface area contributed by atoms with Gasteiger partial charge >= 0.3 is 0 Å². The number of hydrogen-bond acceptors (Lipinski definition) is 6. The molecule has 1 aliphatic rings. The van der Waals surface area contributed by atoms with E-state index in [0.717, 1.165) is 18.4 Å². The minimum absolute atomic E-state index is 0.155. The van der Waals surface area contributed by atoms with Crippen LogP contribution in [0.2, 0.25) is 0 Å². The van der Waals surface area contributed by atoms with E-state index in [1.807, 2.05) is 6.08 Å². The van der Waals surface area contributed by atoms with Crippen molar-refractivity contribution in [2.45, 2.75) is 122 Å². The largest absolute Gasteiger partial charge is 0.462 e. The van der Waals surface area contributed by atoms with Gasteiger partial charge in [0, 0.05) is 6.20 Å². The highest BCUT2D eigenvalue weighted by Crippen LogP contribution is 2.24. The highest BCUT2D eigenvalue weighted by atomic mass is 16.7. The molecule has 0 spiro atoms. The molecule has 1 saturated heterocycles. The second-order valence-corrected chi connectivity index (χ2v) is 9.94. The maximum absolute atomic E-state index is 12.0. The summed E-state index contributed by atoms with van der Waals surface area (Å²) in [7, 11) is 0. The van der Waals surface area contributed by atoms with Gasteiger partial charge in [-0.2, -0.15) is 0 Å². The van der Waals surface area contributed by atoms with Crippen molar-refractivity contribution in [3.8, 4) is 5.75 Å². The standard InChI is InChI=1S/C30H47NO6/c1-3-4-5-6-7-8-9-10-11-12-13-14-15-16-26(32)31-22-21-24-17-19-25(20-18-24)37-30-29(35)28(34)27(33)23(2)36-30/h15-23,27-30,33-35H,3-14H2,1-2H3,(H,31,32)/b16-15-,22-21-/t23-,27-,28+,29+,30-/m0/s1. The third kappa shape index (κ3) is 12.3. The maximum atomic E-state index is 12.0. The molecular formula is C30H47NO6. The number of benzene rings is 1. The van der Waals surface area contributed by atoms with Crippen molar-refractivity contribution in [2.24, 2.45) is 0 Å². The van der Waals surface area contributed by atoms with Crippen molar-refractivity contribution < 1.29 is 29.6 Å². The molecular weight excluding hydrogens is 470 g/mol. The second-order valence-electron chi connectivity index (χ2n) is 9.94. The van der Waals surface area contributed by atoms with Crippen molar-refractivity contribution in [1.82, 2.24) is 5.32 Å². The maximum Gasteiger partial charge on any atom is 0.247 e. The molecule has 7 nitrogen and oxygen atoms in total. The minimum Gasteiger partial charge on any atom is -0.462 e. The van der Waals surface area contributed by atoms with E-state index in [2.05, 4.69) is 12.2 Å². The van der Waals surface area contributed by atoms with E-state index in [-0.39, 0.29) is 5.91 Å². The van der Waals surface area contributed by atoms with Crippen LogP contribution in [-0.2, 0) is 9.53 Å². The average molecular weight is 518 g/mol. The van der Waals surface area contributed by atoms with Crippen LogP contribution in [-0.4, -0.2) is 51.9 Å². The predicted molar refractivity (Wildman–Crippen MR) is 147 cm³/mol. The molecule has 0 unspecified atom stereocenters. The van der Waals surface area contributed by atoms with Crippen molar-refractivity contribution in [3.05, 3.63) is 48.2 Å². The van der Waals surface area contributed by atoms with Gasteiger partial charge in [-0.25, -0.2) is 0 Å². The number of carbonyl (C=O) groups excluding carboxylic acids is 1. The van der Waals surface area contributed by atoms with E-state index in [0.29, 0.717) is 5.75 Å². The zero-order valence-corrected chi connectivity index (χ0v) is 22.6. The van der Waals surface area contributed by atoms with E-state index in [1.54, 1.807) is 49.5 Å². The molecule has 1 heterocycles. The summed E-state index contributed by atoms with van der Waals surface area (Å²) in [5, 5.41) is 32.5. The Bertz CT molecular complexity index is 809. The Morgan fingerprint density at radius 1 is 0.892 bits per heavy atom. The molecule has 1 aromatic rings. The molecule has 1 aliphatic heterocycles. The Morgan fingerprint density at radius 2 is 1.49 bits per heavy atom. The first-order chi connectivity index (χ1) is 17.9. The molecule has 2 rings (SSSR count). The quantitative estimate of drug-likeness (QED) is 0.166. The Kier molecular flexibility index (Phi) is 15.2. The number of unbranched alkanes of at least 4 members (excludes halogenated alkanes) is 11. The molecule has 0 aliphatic carbocycles. The summed E-state index contributed by atoms with van der Waals surface area (Å²) in [4.78, 5) is 12.0. The van der Waals surface area contributed by atoms with E-state index >= 15 is 0 Å². The molecule has 1 amide bonds. The van der Waals surface area contributed by atoms with Crippen LogP contribution < -0.4 is 10.1 Å². The number of aliphatic hydroxyl groups excluding tert-OH is 3. The van der Waals surface area contributed by atoms with Crippen LogP contribution in [0.1, 0.15) is 96.5 Å². The fourth-order valence-electron chi connectivity index (χ4n) is 4.29. The van der Waals surface area contributed by atoms with Crippen molar-refractivity contribution >= 4 is 12.0 Å². The Morgan fingerprint density at radius 3 is 2.11 bits per heavy atom. The highest BCUT2D eigenvalue weighted by molar-refractivity contribution is 5.88. The van der Waals surface area contributed by atoms with Crippen molar-refractivity contribution in [2.75, 3.05) is 0 Å². The molecule has 7 heteroatoms. The Hall–Kier alpha value is -2.19. The predicted octanol–water partition coefficient (Wildman–Crippen LogP) is 5.24. The zero-order valence-electron chi connectivity index (χ0n) is 22.6. The van der Waals surface area contributed by atoms with Gasteiger partial charge in [0.1, 0.15) is 24.1 Å². The van der Waals surface area contributed by atoms with E-state index in [1.165, 1.54) is 64.2 Å². The summed E-state index contributed by atoms with van der Waals surface area (Å²) in [6.07, 6.45) is 16.7. The van der Waals surface area contributed by atoms with Crippen molar-refractivity contribution in [1.29, 1.82) is 0 Å². The molecule has 0 saturated carbocycles. The number of aliphatic hydroxyl groups is 3. The van der Waals surface area contributed by atoms with E-state index in [4.69, 9.17) is 9.47 Å².